The Labute approximate surface area is 164 Å². The van der Waals surface area contributed by atoms with Gasteiger partial charge in [-0.1, -0.05) is 29.8 Å². The molecule has 6 nitrogen and oxygen atoms in total. The highest BCUT2D eigenvalue weighted by Crippen LogP contribution is 2.28. The summed E-state index contributed by atoms with van der Waals surface area (Å²) in [6, 6.07) is 13.2. The van der Waals surface area contributed by atoms with Crippen molar-refractivity contribution in [3.8, 4) is 5.75 Å². The number of aliphatic hydroxyl groups is 2. The van der Waals surface area contributed by atoms with Crippen molar-refractivity contribution in [3.05, 3.63) is 58.9 Å². The maximum atomic E-state index is 10.9. The number of aromatic nitrogens is 1. The third-order valence-corrected chi connectivity index (χ3v) is 4.90. The molecular formula is C20H25ClN2O4. The number of nitrogens with zero attached hydrogens (tertiary/aromatic N) is 2. The third kappa shape index (κ3) is 5.18. The normalized spacial score (nSPS) is 21.8. The molecule has 2 heterocycles. The molecular weight excluding hydrogens is 368 g/mol. The molecule has 1 aliphatic rings. The molecule has 1 aromatic carbocycles. The van der Waals surface area contributed by atoms with Gasteiger partial charge in [-0.25, -0.2) is 4.98 Å². The van der Waals surface area contributed by atoms with E-state index in [1.54, 1.807) is 18.2 Å². The van der Waals surface area contributed by atoms with Crippen molar-refractivity contribution in [2.45, 2.75) is 25.2 Å². The van der Waals surface area contributed by atoms with Gasteiger partial charge >= 0.3 is 0 Å². The molecule has 146 valence electrons. The molecule has 0 bridgehead atoms. The van der Waals surface area contributed by atoms with Gasteiger partial charge in [0.2, 0.25) is 5.79 Å². The number of aliphatic hydroxyl groups excluding tert-OH is 1. The minimum Gasteiger partial charge on any atom is -0.491 e. The third-order valence-electron chi connectivity index (χ3n) is 4.69. The van der Waals surface area contributed by atoms with Crippen LogP contribution >= 0.6 is 11.6 Å². The van der Waals surface area contributed by atoms with Gasteiger partial charge in [0.15, 0.2) is 0 Å². The summed E-state index contributed by atoms with van der Waals surface area (Å²) in [6.45, 7) is 3.91. The standard InChI is InChI=1S/C20H25ClN2O4/c1-15(13-16-5-7-17(8-6-16)26-12-10-24)23-9-11-27-20(25,14-23)18-3-2-4-19(21)22-18/h2-8,15,24-25H,9-14H2,1H3. The molecule has 1 aliphatic heterocycles. The lowest BCUT2D eigenvalue weighted by Gasteiger charge is -2.41. The Kier molecular flexibility index (Phi) is 6.68. The largest absolute Gasteiger partial charge is 0.491 e. The Morgan fingerprint density at radius 3 is 2.78 bits per heavy atom. The SMILES string of the molecule is CC(Cc1ccc(OCCO)cc1)N1CCOC(O)(c2cccc(Cl)n2)C1. The van der Waals surface area contributed by atoms with Gasteiger partial charge in [0.1, 0.15) is 23.2 Å². The van der Waals surface area contributed by atoms with E-state index in [-0.39, 0.29) is 12.6 Å². The van der Waals surface area contributed by atoms with Crippen LogP contribution in [-0.2, 0) is 16.9 Å². The van der Waals surface area contributed by atoms with Gasteiger partial charge in [0.05, 0.1) is 19.8 Å². The van der Waals surface area contributed by atoms with E-state index in [2.05, 4.69) is 16.8 Å². The number of morpholine rings is 1. The van der Waals surface area contributed by atoms with E-state index in [1.807, 2.05) is 24.3 Å². The highest BCUT2D eigenvalue weighted by atomic mass is 35.5. The second kappa shape index (κ2) is 8.99. The fourth-order valence-corrected chi connectivity index (χ4v) is 3.41. The lowest BCUT2D eigenvalue weighted by Crippen LogP contribution is -2.53. The highest BCUT2D eigenvalue weighted by molar-refractivity contribution is 6.29. The number of ether oxygens (including phenoxy) is 2. The van der Waals surface area contributed by atoms with Gasteiger partial charge in [-0.2, -0.15) is 0 Å². The number of benzene rings is 1. The summed E-state index contributed by atoms with van der Waals surface area (Å²) < 4.78 is 11.0. The fourth-order valence-electron chi connectivity index (χ4n) is 3.24. The van der Waals surface area contributed by atoms with Gasteiger partial charge in [-0.05, 0) is 43.2 Å². The average Bonchev–Trinajstić information content (AvgIpc) is 2.67. The van der Waals surface area contributed by atoms with E-state index in [4.69, 9.17) is 26.2 Å². The van der Waals surface area contributed by atoms with Gasteiger partial charge in [-0.3, -0.25) is 4.90 Å². The first kappa shape index (κ1) is 20.0. The van der Waals surface area contributed by atoms with Gasteiger partial charge in [0.25, 0.3) is 0 Å². The van der Waals surface area contributed by atoms with Crippen LogP contribution in [0.4, 0.5) is 0 Å². The topological polar surface area (TPSA) is 75.1 Å². The van der Waals surface area contributed by atoms with Crippen LogP contribution in [0.2, 0.25) is 5.15 Å². The van der Waals surface area contributed by atoms with Crippen LogP contribution < -0.4 is 4.74 Å². The summed E-state index contributed by atoms with van der Waals surface area (Å²) in [5.74, 6) is -0.715. The van der Waals surface area contributed by atoms with E-state index in [0.717, 1.165) is 18.7 Å². The summed E-state index contributed by atoms with van der Waals surface area (Å²) in [7, 11) is 0. The van der Waals surface area contributed by atoms with E-state index in [9.17, 15) is 5.11 Å². The van der Waals surface area contributed by atoms with E-state index < -0.39 is 5.79 Å². The number of hydrogen-bond acceptors (Lipinski definition) is 6. The van der Waals surface area contributed by atoms with E-state index in [1.165, 1.54) is 5.56 Å². The maximum absolute atomic E-state index is 10.9. The summed E-state index contributed by atoms with van der Waals surface area (Å²) in [6.07, 6.45) is 0.833. The molecule has 2 atom stereocenters. The van der Waals surface area contributed by atoms with Crippen LogP contribution in [0, 0.1) is 0 Å². The number of β-amino-alcohol motifs (C(OH)–C–C–N with tert-alkyl or cyclic N) is 1. The molecule has 2 aromatic rings. The molecule has 0 aliphatic carbocycles. The molecule has 7 heteroatoms. The minimum absolute atomic E-state index is 0.000208. The summed E-state index contributed by atoms with van der Waals surface area (Å²) in [5, 5.41) is 20.1. The average molecular weight is 393 g/mol. The molecule has 0 amide bonds. The molecule has 3 rings (SSSR count). The fraction of sp³-hybridized carbons (Fsp3) is 0.450. The zero-order chi connectivity index (χ0) is 19.3. The molecule has 1 saturated heterocycles. The van der Waals surface area contributed by atoms with Crippen molar-refractivity contribution in [2.75, 3.05) is 32.9 Å². The zero-order valence-electron chi connectivity index (χ0n) is 15.3. The van der Waals surface area contributed by atoms with Crippen molar-refractivity contribution in [1.82, 2.24) is 9.88 Å². The lowest BCUT2D eigenvalue weighted by molar-refractivity contribution is -0.254. The summed E-state index contributed by atoms with van der Waals surface area (Å²) in [4.78, 5) is 6.41. The smallest absolute Gasteiger partial charge is 0.223 e. The molecule has 27 heavy (non-hydrogen) atoms. The van der Waals surface area contributed by atoms with Gasteiger partial charge in [-0.15, -0.1) is 0 Å². The van der Waals surface area contributed by atoms with Crippen LogP contribution in [0.5, 0.6) is 5.75 Å². The highest BCUT2D eigenvalue weighted by Gasteiger charge is 2.39. The minimum atomic E-state index is -1.46. The second-order valence-corrected chi connectivity index (χ2v) is 7.11. The number of pyridine rings is 1. The molecule has 2 N–H and O–H groups in total. The summed E-state index contributed by atoms with van der Waals surface area (Å²) >= 11 is 5.96. The number of hydrogen-bond donors (Lipinski definition) is 2. The Morgan fingerprint density at radius 1 is 1.30 bits per heavy atom. The van der Waals surface area contributed by atoms with Crippen LogP contribution in [0.15, 0.2) is 42.5 Å². The van der Waals surface area contributed by atoms with Crippen molar-refractivity contribution in [2.24, 2.45) is 0 Å². The Hall–Kier alpha value is -1.70. The van der Waals surface area contributed by atoms with Crippen molar-refractivity contribution in [1.29, 1.82) is 0 Å². The second-order valence-electron chi connectivity index (χ2n) is 6.72. The Bertz CT molecular complexity index is 743. The predicted molar refractivity (Wildman–Crippen MR) is 103 cm³/mol. The van der Waals surface area contributed by atoms with E-state index >= 15 is 0 Å². The zero-order valence-corrected chi connectivity index (χ0v) is 16.1. The van der Waals surface area contributed by atoms with Gasteiger partial charge < -0.3 is 19.7 Å². The van der Waals surface area contributed by atoms with Crippen molar-refractivity contribution < 1.29 is 19.7 Å². The first-order valence-electron chi connectivity index (χ1n) is 9.06. The van der Waals surface area contributed by atoms with Crippen LogP contribution in [-0.4, -0.2) is 59.0 Å². The van der Waals surface area contributed by atoms with Crippen molar-refractivity contribution in [3.63, 3.8) is 0 Å². The first-order chi connectivity index (χ1) is 13.0. The Morgan fingerprint density at radius 2 is 2.07 bits per heavy atom. The summed E-state index contributed by atoms with van der Waals surface area (Å²) in [5.41, 5.74) is 1.60. The maximum Gasteiger partial charge on any atom is 0.223 e. The molecule has 0 saturated carbocycles. The molecule has 0 spiro atoms. The molecule has 1 aromatic heterocycles. The molecule has 0 radical (unpaired) electrons. The van der Waals surface area contributed by atoms with Crippen molar-refractivity contribution >= 4 is 11.6 Å². The van der Waals surface area contributed by atoms with E-state index in [0.29, 0.717) is 30.6 Å². The van der Waals surface area contributed by atoms with Crippen LogP contribution in [0.25, 0.3) is 0 Å². The number of rotatable bonds is 7. The van der Waals surface area contributed by atoms with Gasteiger partial charge in [0, 0.05) is 12.6 Å². The van der Waals surface area contributed by atoms with Crippen LogP contribution in [0.3, 0.4) is 0 Å². The lowest BCUT2D eigenvalue weighted by atomic mass is 10.0. The molecule has 2 unspecified atom stereocenters. The Balaban J connectivity index is 1.63. The number of halogens is 1. The van der Waals surface area contributed by atoms with Crippen LogP contribution in [0.1, 0.15) is 18.2 Å². The first-order valence-corrected chi connectivity index (χ1v) is 9.44. The quantitative estimate of drug-likeness (QED) is 0.704. The molecule has 1 fully saturated rings. The monoisotopic (exact) mass is 392 g/mol. The predicted octanol–water partition coefficient (Wildman–Crippen LogP) is 2.21.